The fraction of sp³-hybridized carbons (Fsp3) is 0. The van der Waals surface area contributed by atoms with Gasteiger partial charge in [-0.1, -0.05) is 33.2 Å². The molecule has 2 aromatic carbocycles. The number of nitrogens with zero attached hydrogens (tertiary/aromatic N) is 1. The Labute approximate surface area is 138 Å². The van der Waals surface area contributed by atoms with Gasteiger partial charge in [-0.15, -0.1) is 0 Å². The van der Waals surface area contributed by atoms with Crippen LogP contribution < -0.4 is 11.1 Å². The van der Waals surface area contributed by atoms with E-state index < -0.39 is 0 Å². The number of nitrogens with one attached hydrogen (secondary N) is 1. The van der Waals surface area contributed by atoms with Gasteiger partial charge < -0.3 is 16.3 Å². The third-order valence-corrected chi connectivity index (χ3v) is 3.88. The highest BCUT2D eigenvalue weighted by Gasteiger charge is 2.13. The molecule has 0 atom stereocenters. The average molecular weight is 413 g/mol. The Bertz CT molecular complexity index is 717. The number of halogens is 2. The number of amides is 1. The molecule has 0 heterocycles. The van der Waals surface area contributed by atoms with Crippen molar-refractivity contribution < 1.29 is 10.0 Å². The number of para-hydroxylation sites is 1. The van der Waals surface area contributed by atoms with Crippen molar-refractivity contribution in [3.63, 3.8) is 0 Å². The molecule has 0 radical (unpaired) electrons. The molecule has 0 aliphatic rings. The highest BCUT2D eigenvalue weighted by molar-refractivity contribution is 9.11. The first-order valence-corrected chi connectivity index (χ1v) is 7.45. The molecule has 5 nitrogen and oxygen atoms in total. The maximum Gasteiger partial charge on any atom is 0.256 e. The van der Waals surface area contributed by atoms with Crippen molar-refractivity contribution in [2.75, 3.05) is 5.32 Å². The number of oxime groups is 1. The summed E-state index contributed by atoms with van der Waals surface area (Å²) in [6.45, 7) is 0. The second-order valence-corrected chi connectivity index (χ2v) is 5.88. The minimum atomic E-state index is -0.299. The summed E-state index contributed by atoms with van der Waals surface area (Å²) in [5.41, 5.74) is 6.98. The zero-order valence-corrected chi connectivity index (χ0v) is 13.8. The van der Waals surface area contributed by atoms with Gasteiger partial charge in [-0.05, 0) is 46.3 Å². The molecular weight excluding hydrogens is 402 g/mol. The molecule has 108 valence electrons. The second-order valence-electron chi connectivity index (χ2n) is 4.11. The number of rotatable bonds is 3. The number of hydrogen-bond donors (Lipinski definition) is 3. The first-order valence-electron chi connectivity index (χ1n) is 5.86. The number of anilines is 1. The molecule has 2 rings (SSSR count). The predicted octanol–water partition coefficient (Wildman–Crippen LogP) is 3.56. The summed E-state index contributed by atoms with van der Waals surface area (Å²) < 4.78 is 1.53. The maximum atomic E-state index is 12.3. The normalized spacial score (nSPS) is 11.2. The molecule has 21 heavy (non-hydrogen) atoms. The lowest BCUT2D eigenvalue weighted by Gasteiger charge is -2.11. The van der Waals surface area contributed by atoms with Crippen molar-refractivity contribution in [1.82, 2.24) is 0 Å². The molecule has 0 aliphatic carbocycles. The van der Waals surface area contributed by atoms with E-state index in [9.17, 15) is 4.79 Å². The van der Waals surface area contributed by atoms with Crippen LogP contribution in [0.2, 0.25) is 0 Å². The van der Waals surface area contributed by atoms with Crippen LogP contribution in [0.15, 0.2) is 56.6 Å². The van der Waals surface area contributed by atoms with Gasteiger partial charge in [0.1, 0.15) is 0 Å². The highest BCUT2D eigenvalue weighted by Crippen LogP contribution is 2.23. The molecule has 0 saturated carbocycles. The van der Waals surface area contributed by atoms with Crippen LogP contribution in [0.1, 0.15) is 15.9 Å². The van der Waals surface area contributed by atoms with E-state index in [0.29, 0.717) is 21.3 Å². The quantitative estimate of drug-likeness (QED) is 0.311. The van der Waals surface area contributed by atoms with Gasteiger partial charge >= 0.3 is 0 Å². The fourth-order valence-electron chi connectivity index (χ4n) is 1.73. The minimum Gasteiger partial charge on any atom is -0.409 e. The first-order chi connectivity index (χ1) is 10.0. The van der Waals surface area contributed by atoms with Gasteiger partial charge in [0.15, 0.2) is 5.84 Å². The third-order valence-electron chi connectivity index (χ3n) is 2.73. The summed E-state index contributed by atoms with van der Waals surface area (Å²) in [7, 11) is 0. The Morgan fingerprint density at radius 3 is 2.52 bits per heavy atom. The van der Waals surface area contributed by atoms with Crippen molar-refractivity contribution in [2.24, 2.45) is 10.9 Å². The van der Waals surface area contributed by atoms with Crippen molar-refractivity contribution in [3.8, 4) is 0 Å². The number of benzene rings is 2. The summed E-state index contributed by atoms with van der Waals surface area (Å²) in [5, 5.41) is 14.5. The standard InChI is InChI=1S/C14H11Br2N3O2/c15-8-5-6-9(11(16)7-8)14(20)18-12-4-2-1-3-10(12)13(17)19-21/h1-7,21H,(H2,17,19)(H,18,20). The monoisotopic (exact) mass is 411 g/mol. The molecular formula is C14H11Br2N3O2. The number of amidine groups is 1. The topological polar surface area (TPSA) is 87.7 Å². The molecule has 0 saturated heterocycles. The van der Waals surface area contributed by atoms with E-state index in [0.717, 1.165) is 4.47 Å². The maximum absolute atomic E-state index is 12.3. The lowest BCUT2D eigenvalue weighted by Crippen LogP contribution is -2.19. The van der Waals surface area contributed by atoms with E-state index in [4.69, 9.17) is 10.9 Å². The van der Waals surface area contributed by atoms with E-state index in [2.05, 4.69) is 42.3 Å². The number of nitrogens with two attached hydrogens (primary N) is 1. The molecule has 7 heteroatoms. The van der Waals surface area contributed by atoms with Gasteiger partial charge in [0.2, 0.25) is 0 Å². The van der Waals surface area contributed by atoms with Crippen LogP contribution in [0.3, 0.4) is 0 Å². The SMILES string of the molecule is N/C(=N/O)c1ccccc1NC(=O)c1ccc(Br)cc1Br. The molecule has 0 aliphatic heterocycles. The summed E-state index contributed by atoms with van der Waals surface area (Å²) in [5.74, 6) is -0.367. The molecule has 0 spiro atoms. The van der Waals surface area contributed by atoms with E-state index in [1.807, 2.05) is 0 Å². The van der Waals surface area contributed by atoms with Gasteiger partial charge in [-0.2, -0.15) is 0 Å². The van der Waals surface area contributed by atoms with Crippen LogP contribution in [0, 0.1) is 0 Å². The average Bonchev–Trinajstić information content (AvgIpc) is 2.46. The van der Waals surface area contributed by atoms with Crippen LogP contribution in [0.4, 0.5) is 5.69 Å². The van der Waals surface area contributed by atoms with Crippen molar-refractivity contribution >= 4 is 49.3 Å². The smallest absolute Gasteiger partial charge is 0.256 e. The van der Waals surface area contributed by atoms with Crippen LogP contribution in [0.5, 0.6) is 0 Å². The number of carbonyl (C=O) groups excluding carboxylic acids is 1. The zero-order chi connectivity index (χ0) is 15.4. The van der Waals surface area contributed by atoms with E-state index in [-0.39, 0.29) is 11.7 Å². The molecule has 4 N–H and O–H groups in total. The minimum absolute atomic E-state index is 0.0687. The zero-order valence-electron chi connectivity index (χ0n) is 10.7. The molecule has 0 unspecified atom stereocenters. The van der Waals surface area contributed by atoms with E-state index >= 15 is 0 Å². The van der Waals surface area contributed by atoms with Crippen molar-refractivity contribution in [3.05, 3.63) is 62.5 Å². The molecule has 0 fully saturated rings. The third kappa shape index (κ3) is 3.62. The van der Waals surface area contributed by atoms with E-state index in [1.165, 1.54) is 0 Å². The van der Waals surface area contributed by atoms with Gasteiger partial charge in [0, 0.05) is 14.5 Å². The molecule has 0 bridgehead atoms. The second kappa shape index (κ2) is 6.73. The summed E-state index contributed by atoms with van der Waals surface area (Å²) in [4.78, 5) is 12.3. The van der Waals surface area contributed by atoms with Crippen LogP contribution in [0.25, 0.3) is 0 Å². The molecule has 1 amide bonds. The van der Waals surface area contributed by atoms with Crippen LogP contribution >= 0.6 is 31.9 Å². The van der Waals surface area contributed by atoms with Crippen molar-refractivity contribution in [2.45, 2.75) is 0 Å². The van der Waals surface area contributed by atoms with E-state index in [1.54, 1.807) is 42.5 Å². The molecule has 0 aromatic heterocycles. The number of carbonyl (C=O) groups is 1. The first kappa shape index (κ1) is 15.5. The Hall–Kier alpha value is -1.86. The van der Waals surface area contributed by atoms with Crippen LogP contribution in [-0.4, -0.2) is 17.0 Å². The Balaban J connectivity index is 2.32. The fourth-order valence-corrected chi connectivity index (χ4v) is 2.96. The van der Waals surface area contributed by atoms with Gasteiger partial charge in [-0.3, -0.25) is 4.79 Å². The summed E-state index contributed by atoms with van der Waals surface area (Å²) in [6.07, 6.45) is 0. The Kier molecular flexibility index (Phi) is 4.98. The highest BCUT2D eigenvalue weighted by atomic mass is 79.9. The Morgan fingerprint density at radius 2 is 1.86 bits per heavy atom. The van der Waals surface area contributed by atoms with Gasteiger partial charge in [0.05, 0.1) is 11.3 Å². The lowest BCUT2D eigenvalue weighted by atomic mass is 10.1. The summed E-state index contributed by atoms with van der Waals surface area (Å²) in [6, 6.07) is 12.1. The lowest BCUT2D eigenvalue weighted by molar-refractivity contribution is 0.102. The van der Waals surface area contributed by atoms with Crippen LogP contribution in [-0.2, 0) is 0 Å². The van der Waals surface area contributed by atoms with Gasteiger partial charge in [0.25, 0.3) is 5.91 Å². The summed E-state index contributed by atoms with van der Waals surface area (Å²) >= 11 is 6.67. The number of hydrogen-bond acceptors (Lipinski definition) is 3. The van der Waals surface area contributed by atoms with Gasteiger partial charge in [-0.25, -0.2) is 0 Å². The largest absolute Gasteiger partial charge is 0.409 e. The molecule has 2 aromatic rings. The predicted molar refractivity (Wildman–Crippen MR) is 88.7 cm³/mol. The Morgan fingerprint density at radius 1 is 1.14 bits per heavy atom. The van der Waals surface area contributed by atoms with Crippen molar-refractivity contribution in [1.29, 1.82) is 0 Å².